The van der Waals surface area contributed by atoms with Crippen molar-refractivity contribution in [3.8, 4) is 5.75 Å². The number of ether oxygens (including phenoxy) is 1. The van der Waals surface area contributed by atoms with Gasteiger partial charge in [0.25, 0.3) is 0 Å². The Labute approximate surface area is 147 Å². The smallest absolute Gasteiger partial charge is 0.234 e. The first-order chi connectivity index (χ1) is 12.1. The van der Waals surface area contributed by atoms with Gasteiger partial charge in [-0.3, -0.25) is 9.69 Å². The molecule has 0 saturated carbocycles. The average Bonchev–Trinajstić information content (AvgIpc) is 2.89. The third kappa shape index (κ3) is 3.14. The molecule has 2 aliphatic heterocycles. The Morgan fingerprint density at radius 3 is 3.04 bits per heavy atom. The summed E-state index contributed by atoms with van der Waals surface area (Å²) in [7, 11) is 0. The quantitative estimate of drug-likeness (QED) is 0.928. The van der Waals surface area contributed by atoms with Gasteiger partial charge in [-0.05, 0) is 19.9 Å². The molecular weight excluding hydrogens is 316 g/mol. The summed E-state index contributed by atoms with van der Waals surface area (Å²) in [5.74, 6) is 2.01. The van der Waals surface area contributed by atoms with E-state index in [1.54, 1.807) is 0 Å². The number of hydrogen-bond donors (Lipinski definition) is 1. The number of fused-ring (bicyclic) bond motifs is 2. The highest BCUT2D eigenvalue weighted by molar-refractivity contribution is 5.78. The van der Waals surface area contributed by atoms with Crippen molar-refractivity contribution in [1.29, 1.82) is 0 Å². The molecule has 132 valence electrons. The predicted molar refractivity (Wildman–Crippen MR) is 94.4 cm³/mol. The van der Waals surface area contributed by atoms with Gasteiger partial charge in [0.1, 0.15) is 11.6 Å². The Balaban J connectivity index is 1.39. The van der Waals surface area contributed by atoms with Gasteiger partial charge in [-0.1, -0.05) is 18.2 Å². The maximum absolute atomic E-state index is 12.6. The molecule has 1 aromatic heterocycles. The SMILES string of the molecule is Cc1nc2n(c1C)CCN(CC(=O)NC1CCOc3ccccc31)C2. The predicted octanol–water partition coefficient (Wildman–Crippen LogP) is 1.96. The van der Waals surface area contributed by atoms with E-state index < -0.39 is 0 Å². The largest absolute Gasteiger partial charge is 0.493 e. The van der Waals surface area contributed by atoms with Crippen molar-refractivity contribution >= 4 is 5.91 Å². The summed E-state index contributed by atoms with van der Waals surface area (Å²) in [6.45, 7) is 7.70. The molecule has 1 aromatic carbocycles. The molecule has 1 N–H and O–H groups in total. The van der Waals surface area contributed by atoms with Crippen molar-refractivity contribution in [3.63, 3.8) is 0 Å². The van der Waals surface area contributed by atoms with Crippen molar-refractivity contribution in [3.05, 3.63) is 47.0 Å². The van der Waals surface area contributed by atoms with Gasteiger partial charge in [0, 0.05) is 30.8 Å². The normalized spacial score (nSPS) is 19.7. The molecule has 4 rings (SSSR count). The fourth-order valence-electron chi connectivity index (χ4n) is 3.73. The molecule has 0 radical (unpaired) electrons. The zero-order valence-corrected chi connectivity index (χ0v) is 14.8. The number of amides is 1. The fourth-order valence-corrected chi connectivity index (χ4v) is 3.73. The van der Waals surface area contributed by atoms with Crippen LogP contribution in [0, 0.1) is 13.8 Å². The van der Waals surface area contributed by atoms with Gasteiger partial charge in [0.05, 0.1) is 31.4 Å². The number of carbonyl (C=O) groups excluding carboxylic acids is 1. The monoisotopic (exact) mass is 340 g/mol. The second kappa shape index (κ2) is 6.52. The van der Waals surface area contributed by atoms with Gasteiger partial charge < -0.3 is 14.6 Å². The summed E-state index contributed by atoms with van der Waals surface area (Å²) in [6, 6.07) is 7.98. The first-order valence-corrected chi connectivity index (χ1v) is 8.88. The lowest BCUT2D eigenvalue weighted by Crippen LogP contribution is -2.43. The van der Waals surface area contributed by atoms with Crippen LogP contribution in [0.2, 0.25) is 0 Å². The van der Waals surface area contributed by atoms with E-state index in [9.17, 15) is 4.79 Å². The van der Waals surface area contributed by atoms with E-state index in [1.165, 1.54) is 5.69 Å². The van der Waals surface area contributed by atoms with Gasteiger partial charge in [0.15, 0.2) is 0 Å². The molecule has 6 nitrogen and oxygen atoms in total. The van der Waals surface area contributed by atoms with Crippen LogP contribution in [0.3, 0.4) is 0 Å². The van der Waals surface area contributed by atoms with Crippen LogP contribution in [0.5, 0.6) is 5.75 Å². The number of nitrogens with one attached hydrogen (secondary N) is 1. The molecule has 0 saturated heterocycles. The molecule has 0 bridgehead atoms. The second-order valence-electron chi connectivity index (χ2n) is 6.86. The Morgan fingerprint density at radius 1 is 1.32 bits per heavy atom. The van der Waals surface area contributed by atoms with E-state index in [1.807, 2.05) is 31.2 Å². The fraction of sp³-hybridized carbons (Fsp3) is 0.474. The summed E-state index contributed by atoms with van der Waals surface area (Å²) in [5, 5.41) is 3.18. The van der Waals surface area contributed by atoms with Crippen LogP contribution < -0.4 is 10.1 Å². The van der Waals surface area contributed by atoms with Crippen molar-refractivity contribution in [1.82, 2.24) is 19.8 Å². The van der Waals surface area contributed by atoms with Crippen LogP contribution in [0.25, 0.3) is 0 Å². The van der Waals surface area contributed by atoms with Crippen LogP contribution in [0.4, 0.5) is 0 Å². The van der Waals surface area contributed by atoms with Crippen LogP contribution in [-0.4, -0.2) is 40.1 Å². The molecule has 1 atom stereocenters. The number of aryl methyl sites for hydroxylation is 1. The van der Waals surface area contributed by atoms with Gasteiger partial charge in [-0.15, -0.1) is 0 Å². The van der Waals surface area contributed by atoms with E-state index >= 15 is 0 Å². The van der Waals surface area contributed by atoms with E-state index in [-0.39, 0.29) is 11.9 Å². The Kier molecular flexibility index (Phi) is 4.21. The zero-order valence-electron chi connectivity index (χ0n) is 14.8. The number of nitrogens with zero attached hydrogens (tertiary/aromatic N) is 3. The van der Waals surface area contributed by atoms with Gasteiger partial charge in [-0.2, -0.15) is 0 Å². The summed E-state index contributed by atoms with van der Waals surface area (Å²) >= 11 is 0. The number of carbonyl (C=O) groups is 1. The minimum absolute atomic E-state index is 0.0358. The first kappa shape index (κ1) is 16.1. The molecule has 2 aromatic rings. The number of rotatable bonds is 3. The molecule has 1 amide bonds. The van der Waals surface area contributed by atoms with Crippen molar-refractivity contribution in [2.45, 2.75) is 39.4 Å². The van der Waals surface area contributed by atoms with Crippen molar-refractivity contribution in [2.75, 3.05) is 19.7 Å². The average molecular weight is 340 g/mol. The third-order valence-electron chi connectivity index (χ3n) is 5.20. The zero-order chi connectivity index (χ0) is 17.4. The van der Waals surface area contributed by atoms with E-state index in [0.29, 0.717) is 13.2 Å². The van der Waals surface area contributed by atoms with E-state index in [0.717, 1.165) is 48.9 Å². The van der Waals surface area contributed by atoms with Crippen LogP contribution in [0.1, 0.15) is 35.2 Å². The summed E-state index contributed by atoms with van der Waals surface area (Å²) < 4.78 is 7.93. The van der Waals surface area contributed by atoms with Crippen molar-refractivity contribution in [2.24, 2.45) is 0 Å². The highest BCUT2D eigenvalue weighted by Gasteiger charge is 2.25. The van der Waals surface area contributed by atoms with E-state index in [2.05, 4.69) is 26.7 Å². The number of imidazole rings is 1. The summed E-state index contributed by atoms with van der Waals surface area (Å²) in [5.41, 5.74) is 3.39. The molecule has 1 unspecified atom stereocenters. The summed E-state index contributed by atoms with van der Waals surface area (Å²) in [6.07, 6.45) is 0.811. The Morgan fingerprint density at radius 2 is 2.16 bits per heavy atom. The lowest BCUT2D eigenvalue weighted by molar-refractivity contribution is -0.123. The number of aromatic nitrogens is 2. The lowest BCUT2D eigenvalue weighted by atomic mass is 10.0. The highest BCUT2D eigenvalue weighted by Crippen LogP contribution is 2.31. The molecule has 0 spiro atoms. The molecule has 25 heavy (non-hydrogen) atoms. The minimum atomic E-state index is 0.0358. The third-order valence-corrected chi connectivity index (χ3v) is 5.20. The van der Waals surface area contributed by atoms with Gasteiger partial charge >= 0.3 is 0 Å². The number of benzene rings is 1. The second-order valence-corrected chi connectivity index (χ2v) is 6.86. The van der Waals surface area contributed by atoms with Gasteiger partial charge in [-0.25, -0.2) is 4.98 Å². The molecule has 0 fully saturated rings. The topological polar surface area (TPSA) is 59.4 Å². The minimum Gasteiger partial charge on any atom is -0.493 e. The molecule has 6 heteroatoms. The standard InChI is InChI=1S/C19H24N4O2/c1-13-14(2)23-9-8-22(11-18(23)20-13)12-19(24)21-16-7-10-25-17-6-4-3-5-15(16)17/h3-6,16H,7-12H2,1-2H3,(H,21,24). The number of para-hydroxylation sites is 1. The highest BCUT2D eigenvalue weighted by atomic mass is 16.5. The lowest BCUT2D eigenvalue weighted by Gasteiger charge is -2.30. The van der Waals surface area contributed by atoms with Crippen LogP contribution in [0.15, 0.2) is 24.3 Å². The Hall–Kier alpha value is -2.34. The van der Waals surface area contributed by atoms with Crippen LogP contribution in [-0.2, 0) is 17.9 Å². The maximum Gasteiger partial charge on any atom is 0.234 e. The molecule has 2 aliphatic rings. The Bertz CT molecular complexity index is 799. The van der Waals surface area contributed by atoms with Crippen molar-refractivity contribution < 1.29 is 9.53 Å². The first-order valence-electron chi connectivity index (χ1n) is 8.88. The van der Waals surface area contributed by atoms with Gasteiger partial charge in [0.2, 0.25) is 5.91 Å². The summed E-state index contributed by atoms with van der Waals surface area (Å²) in [4.78, 5) is 19.3. The molecule has 3 heterocycles. The molecule has 0 aliphatic carbocycles. The van der Waals surface area contributed by atoms with Crippen LogP contribution >= 0.6 is 0 Å². The molecular formula is C19H24N4O2. The maximum atomic E-state index is 12.6. The van der Waals surface area contributed by atoms with E-state index in [4.69, 9.17) is 4.74 Å². The number of hydrogen-bond acceptors (Lipinski definition) is 4.